The lowest BCUT2D eigenvalue weighted by atomic mass is 9.81. The first-order chi connectivity index (χ1) is 10.3. The number of nitrogens with zero attached hydrogens (tertiary/aromatic N) is 2. The van der Waals surface area contributed by atoms with Crippen molar-refractivity contribution in [1.29, 1.82) is 0 Å². The number of hydrogen-bond acceptors (Lipinski definition) is 4. The van der Waals surface area contributed by atoms with Gasteiger partial charge in [0.05, 0.1) is 5.41 Å². The van der Waals surface area contributed by atoms with Crippen molar-refractivity contribution in [2.24, 2.45) is 0 Å². The maximum atomic E-state index is 12.7. The minimum Gasteiger partial charge on any atom is -0.275 e. The van der Waals surface area contributed by atoms with Crippen molar-refractivity contribution < 1.29 is 19.2 Å². The monoisotopic (exact) mass is 321 g/mol. The zero-order chi connectivity index (χ0) is 16.1. The van der Waals surface area contributed by atoms with Crippen molar-refractivity contribution in [3.8, 4) is 0 Å². The second kappa shape index (κ2) is 4.81. The molecule has 0 saturated carbocycles. The van der Waals surface area contributed by atoms with Crippen LogP contribution in [0.3, 0.4) is 0 Å². The molecule has 1 atom stereocenters. The molecule has 0 aromatic heterocycles. The highest BCUT2D eigenvalue weighted by Crippen LogP contribution is 2.37. The highest BCUT2D eigenvalue weighted by Gasteiger charge is 2.53. The van der Waals surface area contributed by atoms with Crippen LogP contribution in [0.1, 0.15) is 18.9 Å². The number of nitrogens with one attached hydrogen (secondary N) is 1. The molecule has 2 fully saturated rings. The predicted molar refractivity (Wildman–Crippen MR) is 75.5 cm³/mol. The number of rotatable bonds is 2. The van der Waals surface area contributed by atoms with Gasteiger partial charge in [-0.15, -0.1) is 0 Å². The van der Waals surface area contributed by atoms with Crippen LogP contribution in [0.15, 0.2) is 24.3 Å². The molecule has 2 saturated heterocycles. The van der Waals surface area contributed by atoms with Crippen molar-refractivity contribution in [3.05, 3.63) is 34.9 Å². The number of carbonyl (C=O) groups is 4. The number of hydrogen-bond donors (Lipinski definition) is 1. The minimum atomic E-state index is -1.09. The van der Waals surface area contributed by atoms with Gasteiger partial charge in [0.1, 0.15) is 6.54 Å². The van der Waals surface area contributed by atoms with Gasteiger partial charge in [-0.1, -0.05) is 23.7 Å². The third-order valence-corrected chi connectivity index (χ3v) is 4.15. The lowest BCUT2D eigenvalue weighted by Gasteiger charge is -2.26. The van der Waals surface area contributed by atoms with Crippen molar-refractivity contribution in [2.75, 3.05) is 6.54 Å². The molecular formula is C14H12ClN3O4. The molecule has 0 spiro atoms. The number of benzene rings is 1. The van der Waals surface area contributed by atoms with E-state index in [2.05, 4.69) is 0 Å². The van der Waals surface area contributed by atoms with Crippen LogP contribution in [0.5, 0.6) is 0 Å². The van der Waals surface area contributed by atoms with Gasteiger partial charge in [0.2, 0.25) is 11.8 Å². The molecule has 2 aliphatic heterocycles. The lowest BCUT2D eigenvalue weighted by Crippen LogP contribution is -2.49. The summed E-state index contributed by atoms with van der Waals surface area (Å²) in [5, 5.41) is 4.16. The molecule has 1 aromatic carbocycles. The summed E-state index contributed by atoms with van der Waals surface area (Å²) in [5.41, 5.74) is -0.461. The third-order valence-electron chi connectivity index (χ3n) is 3.90. The number of halogens is 1. The topological polar surface area (TPSA) is 86.8 Å². The van der Waals surface area contributed by atoms with E-state index in [1.54, 1.807) is 31.2 Å². The fourth-order valence-electron chi connectivity index (χ4n) is 2.68. The van der Waals surface area contributed by atoms with Gasteiger partial charge in [-0.05, 0) is 24.6 Å². The van der Waals surface area contributed by atoms with Crippen LogP contribution in [-0.4, -0.2) is 40.3 Å². The van der Waals surface area contributed by atoms with Crippen molar-refractivity contribution in [2.45, 2.75) is 18.8 Å². The standard InChI is InChI=1S/C14H12ClN3O4/c1-14(8-2-4-9(15)5-3-8)6-11(20)18(12(14)21)17-7-10(19)16-13(17)22/h2-5H,6-7H2,1H3,(H,16,19,22). The molecule has 7 nitrogen and oxygen atoms in total. The molecule has 0 radical (unpaired) electrons. The van der Waals surface area contributed by atoms with Crippen LogP contribution in [0, 0.1) is 0 Å². The Hall–Kier alpha value is -2.41. The SMILES string of the molecule is CC1(c2ccc(Cl)cc2)CC(=O)N(N2CC(=O)NC2=O)C1=O. The Kier molecular flexibility index (Phi) is 3.17. The minimum absolute atomic E-state index is 0.0779. The van der Waals surface area contributed by atoms with E-state index in [4.69, 9.17) is 11.6 Å². The Bertz CT molecular complexity index is 703. The van der Waals surface area contributed by atoms with Gasteiger partial charge < -0.3 is 0 Å². The first-order valence-corrected chi connectivity index (χ1v) is 6.95. The Morgan fingerprint density at radius 2 is 1.77 bits per heavy atom. The highest BCUT2D eigenvalue weighted by molar-refractivity contribution is 6.30. The van der Waals surface area contributed by atoms with Crippen LogP contribution >= 0.6 is 11.6 Å². The van der Waals surface area contributed by atoms with E-state index in [0.29, 0.717) is 10.6 Å². The average molecular weight is 322 g/mol. The Morgan fingerprint density at radius 3 is 2.32 bits per heavy atom. The van der Waals surface area contributed by atoms with E-state index < -0.39 is 29.2 Å². The maximum absolute atomic E-state index is 12.7. The average Bonchev–Trinajstić information content (AvgIpc) is 2.88. The molecule has 8 heteroatoms. The van der Waals surface area contributed by atoms with Gasteiger partial charge in [0.15, 0.2) is 0 Å². The molecule has 0 aliphatic carbocycles. The van der Waals surface area contributed by atoms with Gasteiger partial charge in [-0.25, -0.2) is 9.80 Å². The summed E-state index contributed by atoms with van der Waals surface area (Å²) in [6.45, 7) is 1.29. The van der Waals surface area contributed by atoms with Gasteiger partial charge in [0, 0.05) is 11.4 Å². The zero-order valence-corrected chi connectivity index (χ0v) is 12.4. The highest BCUT2D eigenvalue weighted by atomic mass is 35.5. The summed E-state index contributed by atoms with van der Waals surface area (Å²) in [5.74, 6) is -1.61. The van der Waals surface area contributed by atoms with Crippen LogP contribution in [-0.2, 0) is 19.8 Å². The third kappa shape index (κ3) is 2.05. The van der Waals surface area contributed by atoms with Crippen molar-refractivity contribution in [1.82, 2.24) is 15.3 Å². The van der Waals surface area contributed by atoms with Gasteiger partial charge in [-0.3, -0.25) is 19.7 Å². The largest absolute Gasteiger partial charge is 0.343 e. The van der Waals surface area contributed by atoms with Crippen molar-refractivity contribution in [3.63, 3.8) is 0 Å². The van der Waals surface area contributed by atoms with E-state index in [1.165, 1.54) is 0 Å². The van der Waals surface area contributed by atoms with E-state index >= 15 is 0 Å². The van der Waals surface area contributed by atoms with Gasteiger partial charge in [-0.2, -0.15) is 5.01 Å². The molecule has 0 bridgehead atoms. The molecule has 1 aromatic rings. The molecule has 22 heavy (non-hydrogen) atoms. The second-order valence-electron chi connectivity index (χ2n) is 5.44. The Balaban J connectivity index is 1.95. The first-order valence-electron chi connectivity index (χ1n) is 6.57. The van der Waals surface area contributed by atoms with Gasteiger partial charge >= 0.3 is 6.03 Å². The van der Waals surface area contributed by atoms with Crippen LogP contribution in [0.25, 0.3) is 0 Å². The molecule has 114 valence electrons. The number of imide groups is 2. The Morgan fingerprint density at radius 1 is 1.14 bits per heavy atom. The maximum Gasteiger partial charge on any atom is 0.343 e. The Labute approximate surface area is 130 Å². The predicted octanol–water partition coefficient (Wildman–Crippen LogP) is 0.823. The molecule has 3 rings (SSSR count). The smallest absolute Gasteiger partial charge is 0.275 e. The number of carbonyl (C=O) groups excluding carboxylic acids is 4. The lowest BCUT2D eigenvalue weighted by molar-refractivity contribution is -0.153. The fraction of sp³-hybridized carbons (Fsp3) is 0.286. The molecule has 2 aliphatic rings. The zero-order valence-electron chi connectivity index (χ0n) is 11.6. The van der Waals surface area contributed by atoms with E-state index in [1.807, 2.05) is 5.32 Å². The number of amides is 5. The number of hydrazine groups is 1. The molecular weight excluding hydrogens is 310 g/mol. The summed E-state index contributed by atoms with van der Waals surface area (Å²) < 4.78 is 0. The molecule has 2 heterocycles. The normalized spacial score (nSPS) is 25.2. The molecule has 1 unspecified atom stereocenters. The summed E-state index contributed by atoms with van der Waals surface area (Å²) in [4.78, 5) is 47.9. The van der Waals surface area contributed by atoms with Crippen LogP contribution in [0.4, 0.5) is 4.79 Å². The molecule has 5 amide bonds. The second-order valence-corrected chi connectivity index (χ2v) is 5.87. The van der Waals surface area contributed by atoms with Gasteiger partial charge in [0.25, 0.3) is 5.91 Å². The fourth-order valence-corrected chi connectivity index (χ4v) is 2.81. The van der Waals surface area contributed by atoms with E-state index in [0.717, 1.165) is 10.0 Å². The van der Waals surface area contributed by atoms with E-state index in [9.17, 15) is 19.2 Å². The summed E-state index contributed by atoms with van der Waals surface area (Å²) in [7, 11) is 0. The van der Waals surface area contributed by atoms with Crippen LogP contribution in [0.2, 0.25) is 5.02 Å². The summed E-state index contributed by atoms with van der Waals surface area (Å²) in [6, 6.07) is 5.84. The summed E-state index contributed by atoms with van der Waals surface area (Å²) in [6.07, 6.45) is -0.0779. The first kappa shape index (κ1) is 14.5. The van der Waals surface area contributed by atoms with Crippen molar-refractivity contribution >= 4 is 35.4 Å². The van der Waals surface area contributed by atoms with Crippen LogP contribution < -0.4 is 5.32 Å². The van der Waals surface area contributed by atoms with E-state index in [-0.39, 0.29) is 13.0 Å². The number of urea groups is 1. The summed E-state index contributed by atoms with van der Waals surface area (Å²) >= 11 is 5.84. The quantitative estimate of drug-likeness (QED) is 0.645. The molecule has 1 N–H and O–H groups in total.